The number of nitro benzene ring substituents is 1. The molecule has 0 radical (unpaired) electrons. The number of methoxy groups -OCH3 is 2. The third-order valence-corrected chi connectivity index (χ3v) is 4.51. The molecule has 1 amide bonds. The molecule has 0 bridgehead atoms. The SMILES string of the molecule is COc1cc(CCNC(=O)c2csc(CCN)n2)c([N+](=O)[O-])cc1OC. The molecule has 0 fully saturated rings. The van der Waals surface area contributed by atoms with Gasteiger partial charge in [0.15, 0.2) is 11.5 Å². The Balaban J connectivity index is 2.05. The molecule has 2 rings (SSSR count). The molecule has 26 heavy (non-hydrogen) atoms. The van der Waals surface area contributed by atoms with E-state index in [4.69, 9.17) is 15.2 Å². The molecule has 0 aliphatic heterocycles. The van der Waals surface area contributed by atoms with Gasteiger partial charge in [-0.3, -0.25) is 14.9 Å². The van der Waals surface area contributed by atoms with E-state index < -0.39 is 4.92 Å². The van der Waals surface area contributed by atoms with Crippen LogP contribution in [0.25, 0.3) is 0 Å². The van der Waals surface area contributed by atoms with Gasteiger partial charge in [-0.15, -0.1) is 11.3 Å². The zero-order valence-corrected chi connectivity index (χ0v) is 15.3. The van der Waals surface area contributed by atoms with E-state index in [9.17, 15) is 14.9 Å². The lowest BCUT2D eigenvalue weighted by molar-refractivity contribution is -0.385. The van der Waals surface area contributed by atoms with Crippen LogP contribution in [0, 0.1) is 10.1 Å². The van der Waals surface area contributed by atoms with Gasteiger partial charge in [0, 0.05) is 23.9 Å². The number of nitrogens with two attached hydrogens (primary N) is 1. The van der Waals surface area contributed by atoms with Crippen LogP contribution in [0.3, 0.4) is 0 Å². The number of thiazole rings is 1. The van der Waals surface area contributed by atoms with Crippen molar-refractivity contribution in [3.05, 3.63) is 43.9 Å². The van der Waals surface area contributed by atoms with Crippen LogP contribution >= 0.6 is 11.3 Å². The lowest BCUT2D eigenvalue weighted by atomic mass is 10.1. The van der Waals surface area contributed by atoms with Gasteiger partial charge in [0.05, 0.1) is 30.2 Å². The summed E-state index contributed by atoms with van der Waals surface area (Å²) < 4.78 is 10.3. The molecular formula is C16H20N4O5S. The Morgan fingerprint density at radius 2 is 2.00 bits per heavy atom. The molecular weight excluding hydrogens is 360 g/mol. The second kappa shape index (κ2) is 9.11. The van der Waals surface area contributed by atoms with Crippen LogP contribution in [0.1, 0.15) is 21.1 Å². The zero-order valence-electron chi connectivity index (χ0n) is 14.5. The van der Waals surface area contributed by atoms with Crippen molar-refractivity contribution < 1.29 is 19.2 Å². The van der Waals surface area contributed by atoms with Crippen molar-refractivity contribution in [3.63, 3.8) is 0 Å². The van der Waals surface area contributed by atoms with Crippen molar-refractivity contribution >= 4 is 22.9 Å². The number of hydrogen-bond donors (Lipinski definition) is 2. The average molecular weight is 380 g/mol. The lowest BCUT2D eigenvalue weighted by Crippen LogP contribution is -2.26. The van der Waals surface area contributed by atoms with E-state index >= 15 is 0 Å². The summed E-state index contributed by atoms with van der Waals surface area (Å²) in [5, 5.41) is 16.5. The number of hydrogen-bond acceptors (Lipinski definition) is 8. The zero-order chi connectivity index (χ0) is 19.1. The summed E-state index contributed by atoms with van der Waals surface area (Å²) in [7, 11) is 2.87. The lowest BCUT2D eigenvalue weighted by Gasteiger charge is -2.11. The summed E-state index contributed by atoms with van der Waals surface area (Å²) >= 11 is 1.38. The number of nitrogens with zero attached hydrogens (tertiary/aromatic N) is 2. The number of ether oxygens (including phenoxy) is 2. The molecule has 0 aliphatic rings. The van der Waals surface area contributed by atoms with E-state index in [-0.39, 0.29) is 30.3 Å². The van der Waals surface area contributed by atoms with Gasteiger partial charge >= 0.3 is 0 Å². The summed E-state index contributed by atoms with van der Waals surface area (Å²) in [6.07, 6.45) is 0.887. The maximum absolute atomic E-state index is 12.1. The summed E-state index contributed by atoms with van der Waals surface area (Å²) in [5.41, 5.74) is 6.14. The van der Waals surface area contributed by atoms with Crippen molar-refractivity contribution in [1.82, 2.24) is 10.3 Å². The number of aromatic nitrogens is 1. The van der Waals surface area contributed by atoms with Gasteiger partial charge in [-0.2, -0.15) is 0 Å². The standard InChI is InChI=1S/C16H20N4O5S/c1-24-13-7-10(12(20(22)23)8-14(13)25-2)4-6-18-16(21)11-9-26-15(19-11)3-5-17/h7-9H,3-6,17H2,1-2H3,(H,18,21). The van der Waals surface area contributed by atoms with Gasteiger partial charge < -0.3 is 20.5 Å². The van der Waals surface area contributed by atoms with Crippen LogP contribution in [0.5, 0.6) is 11.5 Å². The third-order valence-electron chi connectivity index (χ3n) is 3.60. The fourth-order valence-electron chi connectivity index (χ4n) is 2.34. The molecule has 0 atom stereocenters. The quantitative estimate of drug-likeness (QED) is 0.498. The largest absolute Gasteiger partial charge is 0.493 e. The molecule has 10 heteroatoms. The van der Waals surface area contributed by atoms with E-state index in [1.54, 1.807) is 11.4 Å². The molecule has 1 aromatic carbocycles. The Morgan fingerprint density at radius 1 is 1.31 bits per heavy atom. The molecule has 0 saturated heterocycles. The molecule has 0 aliphatic carbocycles. The second-order valence-electron chi connectivity index (χ2n) is 5.26. The molecule has 0 unspecified atom stereocenters. The Morgan fingerprint density at radius 3 is 2.62 bits per heavy atom. The van der Waals surface area contributed by atoms with Crippen LogP contribution in [0.4, 0.5) is 5.69 Å². The predicted octanol–water partition coefficient (Wildman–Crippen LogP) is 1.54. The highest BCUT2D eigenvalue weighted by Crippen LogP contribution is 2.34. The van der Waals surface area contributed by atoms with Crippen LogP contribution in [0.15, 0.2) is 17.5 Å². The summed E-state index contributed by atoms with van der Waals surface area (Å²) in [5.74, 6) is 0.347. The Kier molecular flexibility index (Phi) is 6.87. The molecule has 9 nitrogen and oxygen atoms in total. The van der Waals surface area contributed by atoms with Crippen molar-refractivity contribution in [3.8, 4) is 11.5 Å². The molecule has 1 heterocycles. The number of benzene rings is 1. The van der Waals surface area contributed by atoms with Crippen LogP contribution < -0.4 is 20.5 Å². The van der Waals surface area contributed by atoms with E-state index in [0.717, 1.165) is 5.01 Å². The Bertz CT molecular complexity index is 793. The van der Waals surface area contributed by atoms with E-state index in [0.29, 0.717) is 30.0 Å². The second-order valence-corrected chi connectivity index (χ2v) is 6.21. The number of rotatable bonds is 9. The highest BCUT2D eigenvalue weighted by molar-refractivity contribution is 7.09. The molecule has 3 N–H and O–H groups in total. The smallest absolute Gasteiger partial charge is 0.276 e. The van der Waals surface area contributed by atoms with Gasteiger partial charge in [-0.1, -0.05) is 0 Å². The summed E-state index contributed by atoms with van der Waals surface area (Å²) in [6.45, 7) is 0.691. The van der Waals surface area contributed by atoms with Crippen molar-refractivity contribution in [2.24, 2.45) is 5.73 Å². The van der Waals surface area contributed by atoms with Gasteiger partial charge in [-0.25, -0.2) is 4.98 Å². The van der Waals surface area contributed by atoms with Gasteiger partial charge in [0.1, 0.15) is 5.69 Å². The van der Waals surface area contributed by atoms with Gasteiger partial charge in [0.2, 0.25) is 0 Å². The highest BCUT2D eigenvalue weighted by Gasteiger charge is 2.19. The molecule has 2 aromatic rings. The minimum absolute atomic E-state index is 0.0872. The first-order valence-corrected chi connectivity index (χ1v) is 8.70. The van der Waals surface area contributed by atoms with E-state index in [1.165, 1.54) is 31.6 Å². The highest BCUT2D eigenvalue weighted by atomic mass is 32.1. The van der Waals surface area contributed by atoms with Crippen LogP contribution in [0.2, 0.25) is 0 Å². The van der Waals surface area contributed by atoms with Crippen molar-refractivity contribution in [1.29, 1.82) is 0 Å². The summed E-state index contributed by atoms with van der Waals surface area (Å²) in [6, 6.07) is 2.86. The third kappa shape index (κ3) is 4.67. The normalized spacial score (nSPS) is 10.4. The Hall–Kier alpha value is -2.72. The predicted molar refractivity (Wildman–Crippen MR) is 97.1 cm³/mol. The van der Waals surface area contributed by atoms with Crippen molar-refractivity contribution in [2.45, 2.75) is 12.8 Å². The summed E-state index contributed by atoms with van der Waals surface area (Å²) in [4.78, 5) is 27.1. The number of carbonyl (C=O) groups excluding carboxylic acids is 1. The Labute approximate surface area is 154 Å². The fourth-order valence-corrected chi connectivity index (χ4v) is 3.13. The first-order chi connectivity index (χ1) is 12.5. The van der Waals surface area contributed by atoms with Crippen molar-refractivity contribution in [2.75, 3.05) is 27.3 Å². The van der Waals surface area contributed by atoms with Crippen LogP contribution in [-0.2, 0) is 12.8 Å². The number of nitro groups is 1. The molecule has 0 saturated carbocycles. The first-order valence-electron chi connectivity index (χ1n) is 7.82. The minimum atomic E-state index is -0.487. The molecule has 140 valence electrons. The number of nitrogens with one attached hydrogen (secondary N) is 1. The van der Waals surface area contributed by atoms with E-state index in [1.807, 2.05) is 0 Å². The fraction of sp³-hybridized carbons (Fsp3) is 0.375. The van der Waals surface area contributed by atoms with Crippen LogP contribution in [-0.4, -0.2) is 43.1 Å². The monoisotopic (exact) mass is 380 g/mol. The molecule has 1 aromatic heterocycles. The maximum atomic E-state index is 12.1. The number of carbonyl (C=O) groups is 1. The van der Waals surface area contributed by atoms with Gasteiger partial charge in [0.25, 0.3) is 11.6 Å². The minimum Gasteiger partial charge on any atom is -0.493 e. The molecule has 0 spiro atoms. The topological polar surface area (TPSA) is 130 Å². The first kappa shape index (κ1) is 19.6. The maximum Gasteiger partial charge on any atom is 0.276 e. The van der Waals surface area contributed by atoms with Gasteiger partial charge in [-0.05, 0) is 19.0 Å². The number of amides is 1. The van der Waals surface area contributed by atoms with E-state index in [2.05, 4.69) is 10.3 Å². The average Bonchev–Trinajstić information content (AvgIpc) is 3.10.